The summed E-state index contributed by atoms with van der Waals surface area (Å²) in [5.74, 6) is 0.0245. The Hall–Kier alpha value is -3.01. The van der Waals surface area contributed by atoms with Crippen molar-refractivity contribution in [3.05, 3.63) is 126 Å². The van der Waals surface area contributed by atoms with E-state index in [0.29, 0.717) is 5.56 Å². The van der Waals surface area contributed by atoms with Crippen molar-refractivity contribution < 1.29 is 4.79 Å². The quantitative estimate of drug-likeness (QED) is 0.213. The number of benzene rings is 4. The Morgan fingerprint density at radius 1 is 0.548 bits per heavy atom. The summed E-state index contributed by atoms with van der Waals surface area (Å²) in [6.45, 7) is 1.98. The fraction of sp³-hybridized carbons (Fsp3) is 0.0357. The number of ketones is 1. The van der Waals surface area contributed by atoms with Gasteiger partial charge in [-0.2, -0.15) is 0 Å². The summed E-state index contributed by atoms with van der Waals surface area (Å²) >= 11 is 3.42. The van der Waals surface area contributed by atoms with Gasteiger partial charge in [0.2, 0.25) is 0 Å². The molecule has 4 aromatic carbocycles. The summed E-state index contributed by atoms with van der Waals surface area (Å²) in [4.78, 5) is 17.4. The second-order valence-corrected chi connectivity index (χ2v) is 9.36. The van der Waals surface area contributed by atoms with Crippen LogP contribution in [0.25, 0.3) is 5.57 Å². The molecule has 152 valence electrons. The van der Waals surface area contributed by atoms with Crippen LogP contribution in [-0.4, -0.2) is 5.78 Å². The van der Waals surface area contributed by atoms with Crippen molar-refractivity contribution >= 4 is 34.9 Å². The summed E-state index contributed by atoms with van der Waals surface area (Å²) < 4.78 is 0. The fourth-order valence-electron chi connectivity index (χ4n) is 3.09. The number of allylic oxidation sites excluding steroid dienone is 2. The summed E-state index contributed by atoms with van der Waals surface area (Å²) in [6.07, 6.45) is 1.72. The molecule has 0 fully saturated rings. The van der Waals surface area contributed by atoms with Crippen LogP contribution in [0.3, 0.4) is 0 Å². The standard InChI is InChI=1S/C28H22OS2/c1-21(22-12-16-26(17-13-22)30-24-8-4-2-5-9-24)20-28(29)23-14-18-27(19-15-23)31-25-10-6-3-7-11-25/h2-20H,1H3. The van der Waals surface area contributed by atoms with E-state index >= 15 is 0 Å². The van der Waals surface area contributed by atoms with Crippen molar-refractivity contribution in [1.82, 2.24) is 0 Å². The topological polar surface area (TPSA) is 17.1 Å². The van der Waals surface area contributed by atoms with Gasteiger partial charge in [0.1, 0.15) is 0 Å². The van der Waals surface area contributed by atoms with Gasteiger partial charge in [0, 0.05) is 25.1 Å². The van der Waals surface area contributed by atoms with Gasteiger partial charge in [0.15, 0.2) is 5.78 Å². The van der Waals surface area contributed by atoms with E-state index in [1.807, 2.05) is 67.6 Å². The first-order chi connectivity index (χ1) is 15.2. The molecule has 0 N–H and O–H groups in total. The molecule has 1 nitrogen and oxygen atoms in total. The molecule has 31 heavy (non-hydrogen) atoms. The van der Waals surface area contributed by atoms with Gasteiger partial charge >= 0.3 is 0 Å². The fourth-order valence-corrected chi connectivity index (χ4v) is 4.76. The van der Waals surface area contributed by atoms with Crippen LogP contribution in [0.15, 0.2) is 135 Å². The SMILES string of the molecule is CC(=CC(=O)c1ccc(Sc2ccccc2)cc1)c1ccc(Sc2ccccc2)cc1. The minimum atomic E-state index is 0.0245. The second kappa shape index (κ2) is 10.3. The van der Waals surface area contributed by atoms with Crippen molar-refractivity contribution in [2.75, 3.05) is 0 Å². The Kier molecular flexibility index (Phi) is 7.08. The molecule has 0 atom stereocenters. The first-order valence-electron chi connectivity index (χ1n) is 10.1. The molecule has 0 spiro atoms. The molecule has 0 heterocycles. The van der Waals surface area contributed by atoms with E-state index in [2.05, 4.69) is 48.5 Å². The molecule has 0 amide bonds. The van der Waals surface area contributed by atoms with Crippen LogP contribution in [0, 0.1) is 0 Å². The number of hydrogen-bond acceptors (Lipinski definition) is 3. The first kappa shape index (κ1) is 21.2. The number of hydrogen-bond donors (Lipinski definition) is 0. The zero-order valence-corrected chi connectivity index (χ0v) is 18.8. The average Bonchev–Trinajstić information content (AvgIpc) is 2.81. The van der Waals surface area contributed by atoms with Gasteiger partial charge in [-0.1, -0.05) is 72.1 Å². The Balaban J connectivity index is 1.41. The summed E-state index contributed by atoms with van der Waals surface area (Å²) in [5, 5.41) is 0. The summed E-state index contributed by atoms with van der Waals surface area (Å²) in [5.41, 5.74) is 2.72. The van der Waals surface area contributed by atoms with Crippen LogP contribution < -0.4 is 0 Å². The van der Waals surface area contributed by atoms with Gasteiger partial charge in [-0.25, -0.2) is 0 Å². The van der Waals surface area contributed by atoms with E-state index in [0.717, 1.165) is 16.0 Å². The molecule has 3 heteroatoms. The lowest BCUT2D eigenvalue weighted by Crippen LogP contribution is -1.95. The normalized spacial score (nSPS) is 11.3. The third-order valence-electron chi connectivity index (χ3n) is 4.75. The molecule has 0 bridgehead atoms. The monoisotopic (exact) mass is 438 g/mol. The van der Waals surface area contributed by atoms with Crippen LogP contribution in [0.5, 0.6) is 0 Å². The largest absolute Gasteiger partial charge is 0.289 e. The number of carbonyl (C=O) groups is 1. The zero-order valence-electron chi connectivity index (χ0n) is 17.2. The third-order valence-corrected chi connectivity index (χ3v) is 6.79. The van der Waals surface area contributed by atoms with Gasteiger partial charge in [-0.15, -0.1) is 0 Å². The molecule has 0 aliphatic carbocycles. The first-order valence-corrected chi connectivity index (χ1v) is 11.7. The molecular formula is C28H22OS2. The van der Waals surface area contributed by atoms with Crippen molar-refractivity contribution in [2.24, 2.45) is 0 Å². The van der Waals surface area contributed by atoms with Crippen molar-refractivity contribution in [3.63, 3.8) is 0 Å². The highest BCUT2D eigenvalue weighted by atomic mass is 32.2. The maximum Gasteiger partial charge on any atom is 0.186 e. The minimum Gasteiger partial charge on any atom is -0.289 e. The predicted octanol–water partition coefficient (Wildman–Crippen LogP) is 8.28. The maximum atomic E-state index is 12.7. The van der Waals surface area contributed by atoms with Gasteiger partial charge in [-0.3, -0.25) is 4.79 Å². The lowest BCUT2D eigenvalue weighted by atomic mass is 10.0. The van der Waals surface area contributed by atoms with Gasteiger partial charge < -0.3 is 0 Å². The van der Waals surface area contributed by atoms with E-state index < -0.39 is 0 Å². The Bertz CT molecular complexity index is 1160. The smallest absolute Gasteiger partial charge is 0.186 e. The number of rotatable bonds is 7. The van der Waals surface area contributed by atoms with Crippen LogP contribution in [0.2, 0.25) is 0 Å². The van der Waals surface area contributed by atoms with Gasteiger partial charge in [0.25, 0.3) is 0 Å². The van der Waals surface area contributed by atoms with Crippen LogP contribution >= 0.6 is 23.5 Å². The van der Waals surface area contributed by atoms with E-state index in [4.69, 9.17) is 0 Å². The van der Waals surface area contributed by atoms with Gasteiger partial charge in [-0.05, 0) is 84.8 Å². The molecule has 0 saturated carbocycles. The van der Waals surface area contributed by atoms with E-state index in [1.165, 1.54) is 14.7 Å². The highest BCUT2D eigenvalue weighted by molar-refractivity contribution is 7.99. The van der Waals surface area contributed by atoms with Crippen LogP contribution in [0.1, 0.15) is 22.8 Å². The van der Waals surface area contributed by atoms with Gasteiger partial charge in [0.05, 0.1) is 0 Å². The van der Waals surface area contributed by atoms with Crippen molar-refractivity contribution in [3.8, 4) is 0 Å². The second-order valence-electron chi connectivity index (χ2n) is 7.07. The zero-order chi connectivity index (χ0) is 21.5. The lowest BCUT2D eigenvalue weighted by molar-refractivity contribution is 0.104. The molecule has 0 aliphatic rings. The molecular weight excluding hydrogens is 416 g/mol. The molecule has 4 rings (SSSR count). The van der Waals surface area contributed by atoms with E-state index in [9.17, 15) is 4.79 Å². The van der Waals surface area contributed by atoms with E-state index in [1.54, 1.807) is 29.6 Å². The molecule has 0 aromatic heterocycles. The average molecular weight is 439 g/mol. The number of carbonyl (C=O) groups excluding carboxylic acids is 1. The van der Waals surface area contributed by atoms with Crippen molar-refractivity contribution in [2.45, 2.75) is 26.5 Å². The molecule has 0 saturated heterocycles. The minimum absolute atomic E-state index is 0.0245. The highest BCUT2D eigenvalue weighted by Gasteiger charge is 2.06. The maximum absolute atomic E-state index is 12.7. The van der Waals surface area contributed by atoms with Crippen LogP contribution in [0.4, 0.5) is 0 Å². The molecule has 0 aliphatic heterocycles. The summed E-state index contributed by atoms with van der Waals surface area (Å²) in [6, 6.07) is 36.7. The lowest BCUT2D eigenvalue weighted by Gasteiger charge is -2.06. The molecule has 0 unspecified atom stereocenters. The molecule has 4 aromatic rings. The molecule has 0 radical (unpaired) electrons. The van der Waals surface area contributed by atoms with Crippen LogP contribution in [-0.2, 0) is 0 Å². The Morgan fingerprint density at radius 2 is 0.935 bits per heavy atom. The highest BCUT2D eigenvalue weighted by Crippen LogP contribution is 2.29. The predicted molar refractivity (Wildman–Crippen MR) is 132 cm³/mol. The Labute approximate surface area is 192 Å². The summed E-state index contributed by atoms with van der Waals surface area (Å²) in [7, 11) is 0. The van der Waals surface area contributed by atoms with Crippen molar-refractivity contribution in [1.29, 1.82) is 0 Å². The Morgan fingerprint density at radius 3 is 1.39 bits per heavy atom. The third kappa shape index (κ3) is 6.00. The van der Waals surface area contributed by atoms with E-state index in [-0.39, 0.29) is 5.78 Å².